The van der Waals surface area contributed by atoms with E-state index in [-0.39, 0.29) is 13.2 Å². The molecule has 0 aromatic rings. The van der Waals surface area contributed by atoms with Crippen molar-refractivity contribution in [3.63, 3.8) is 0 Å². The lowest BCUT2D eigenvalue weighted by Gasteiger charge is -2.33. The Bertz CT molecular complexity index is 58.9. The van der Waals surface area contributed by atoms with Gasteiger partial charge >= 0.3 is 0 Å². The van der Waals surface area contributed by atoms with Crippen molar-refractivity contribution >= 4 is 0 Å². The Labute approximate surface area is 49.1 Å². The van der Waals surface area contributed by atoms with Gasteiger partial charge in [-0.05, 0) is 24.7 Å². The minimum Gasteiger partial charge on any atom is -0.396 e. The van der Waals surface area contributed by atoms with Gasteiger partial charge in [0.05, 0.1) is 0 Å². The summed E-state index contributed by atoms with van der Waals surface area (Å²) in [6.45, 7) is 0.510. The molecule has 2 atom stereocenters. The molecule has 2 nitrogen and oxygen atoms in total. The van der Waals surface area contributed by atoms with E-state index in [4.69, 9.17) is 10.2 Å². The average Bonchev–Trinajstić information content (AvgIpc) is 1.66. The highest BCUT2D eigenvalue weighted by atomic mass is 16.3. The summed E-state index contributed by atoms with van der Waals surface area (Å²) >= 11 is 0. The van der Waals surface area contributed by atoms with E-state index in [2.05, 4.69) is 0 Å². The van der Waals surface area contributed by atoms with E-state index in [1.807, 2.05) is 0 Å². The van der Waals surface area contributed by atoms with Crippen LogP contribution in [0.4, 0.5) is 0 Å². The van der Waals surface area contributed by atoms with Crippen LogP contribution in [0.2, 0.25) is 0 Å². The molecule has 1 saturated carbocycles. The van der Waals surface area contributed by atoms with Gasteiger partial charge in [0, 0.05) is 13.2 Å². The molecule has 0 aromatic heterocycles. The Morgan fingerprint density at radius 1 is 1.00 bits per heavy atom. The molecule has 0 saturated heterocycles. The Morgan fingerprint density at radius 2 is 1.38 bits per heavy atom. The standard InChI is InChI=1S/C6H12O2/c7-3-5-1-2-6(5)4-8/h5-8H,1-4H2/t5-,6-/m0/s1. The number of aliphatic hydroxyl groups excluding tert-OH is 2. The van der Waals surface area contributed by atoms with E-state index in [9.17, 15) is 0 Å². The predicted octanol–water partition coefficient (Wildman–Crippen LogP) is -0.00280. The van der Waals surface area contributed by atoms with E-state index < -0.39 is 0 Å². The molecule has 8 heavy (non-hydrogen) atoms. The highest BCUT2D eigenvalue weighted by Gasteiger charge is 2.28. The van der Waals surface area contributed by atoms with Gasteiger partial charge in [-0.15, -0.1) is 0 Å². The third kappa shape index (κ3) is 0.858. The van der Waals surface area contributed by atoms with E-state index in [0.717, 1.165) is 12.8 Å². The van der Waals surface area contributed by atoms with Crippen LogP contribution < -0.4 is 0 Å². The zero-order chi connectivity index (χ0) is 5.98. The molecule has 1 aliphatic carbocycles. The van der Waals surface area contributed by atoms with Crippen molar-refractivity contribution in [3.05, 3.63) is 0 Å². The van der Waals surface area contributed by atoms with Gasteiger partial charge in [-0.3, -0.25) is 0 Å². The maximum Gasteiger partial charge on any atom is 0.0462 e. The Kier molecular flexibility index (Phi) is 1.86. The molecule has 48 valence electrons. The molecule has 0 radical (unpaired) electrons. The summed E-state index contributed by atoms with van der Waals surface area (Å²) < 4.78 is 0. The summed E-state index contributed by atoms with van der Waals surface area (Å²) in [6, 6.07) is 0. The molecule has 0 aliphatic heterocycles. The Balaban J connectivity index is 2.16. The van der Waals surface area contributed by atoms with Crippen LogP contribution in [0.3, 0.4) is 0 Å². The second-order valence-electron chi connectivity index (χ2n) is 2.46. The van der Waals surface area contributed by atoms with Crippen molar-refractivity contribution in [2.24, 2.45) is 11.8 Å². The third-order valence-corrected chi connectivity index (χ3v) is 2.04. The molecule has 2 N–H and O–H groups in total. The van der Waals surface area contributed by atoms with E-state index in [1.165, 1.54) is 0 Å². The number of aliphatic hydroxyl groups is 2. The lowest BCUT2D eigenvalue weighted by molar-refractivity contribution is 0.0459. The Morgan fingerprint density at radius 3 is 1.50 bits per heavy atom. The number of rotatable bonds is 2. The molecule has 0 amide bonds. The molecule has 0 bridgehead atoms. The van der Waals surface area contributed by atoms with Crippen LogP contribution in [0.5, 0.6) is 0 Å². The molecule has 2 heteroatoms. The summed E-state index contributed by atoms with van der Waals surface area (Å²) in [7, 11) is 0. The van der Waals surface area contributed by atoms with E-state index in [0.29, 0.717) is 11.8 Å². The maximum absolute atomic E-state index is 8.58. The van der Waals surface area contributed by atoms with Gasteiger partial charge < -0.3 is 10.2 Å². The molecule has 0 heterocycles. The van der Waals surface area contributed by atoms with E-state index >= 15 is 0 Å². The monoisotopic (exact) mass is 116 g/mol. The first-order chi connectivity index (χ1) is 3.88. The topological polar surface area (TPSA) is 40.5 Å². The van der Waals surface area contributed by atoms with Crippen molar-refractivity contribution in [3.8, 4) is 0 Å². The van der Waals surface area contributed by atoms with E-state index in [1.54, 1.807) is 0 Å². The quantitative estimate of drug-likeness (QED) is 0.533. The first-order valence-corrected chi connectivity index (χ1v) is 3.10. The fourth-order valence-electron chi connectivity index (χ4n) is 1.12. The molecular weight excluding hydrogens is 104 g/mol. The zero-order valence-corrected chi connectivity index (χ0v) is 4.88. The lowest BCUT2D eigenvalue weighted by Crippen LogP contribution is -2.31. The van der Waals surface area contributed by atoms with Crippen LogP contribution in [0.15, 0.2) is 0 Å². The van der Waals surface area contributed by atoms with Crippen molar-refractivity contribution in [1.82, 2.24) is 0 Å². The molecule has 1 fully saturated rings. The van der Waals surface area contributed by atoms with Gasteiger partial charge in [0.25, 0.3) is 0 Å². The Hall–Kier alpha value is -0.0800. The molecule has 0 unspecified atom stereocenters. The SMILES string of the molecule is OC[C@@H]1CC[C@H]1CO. The van der Waals surface area contributed by atoms with Crippen molar-refractivity contribution in [2.45, 2.75) is 12.8 Å². The summed E-state index contributed by atoms with van der Waals surface area (Å²) in [5, 5.41) is 17.2. The summed E-state index contributed by atoms with van der Waals surface area (Å²) in [5.41, 5.74) is 0. The molecule has 1 rings (SSSR count). The maximum atomic E-state index is 8.58. The number of hydrogen-bond acceptors (Lipinski definition) is 2. The van der Waals surface area contributed by atoms with Crippen molar-refractivity contribution < 1.29 is 10.2 Å². The summed E-state index contributed by atoms with van der Waals surface area (Å²) in [6.07, 6.45) is 2.20. The van der Waals surface area contributed by atoms with Gasteiger partial charge in [-0.1, -0.05) is 0 Å². The van der Waals surface area contributed by atoms with Gasteiger partial charge in [-0.25, -0.2) is 0 Å². The first kappa shape index (κ1) is 6.05. The van der Waals surface area contributed by atoms with Crippen LogP contribution >= 0.6 is 0 Å². The van der Waals surface area contributed by atoms with Gasteiger partial charge in [0.1, 0.15) is 0 Å². The largest absolute Gasteiger partial charge is 0.396 e. The zero-order valence-electron chi connectivity index (χ0n) is 4.88. The summed E-state index contributed by atoms with van der Waals surface area (Å²) in [4.78, 5) is 0. The van der Waals surface area contributed by atoms with Crippen molar-refractivity contribution in [1.29, 1.82) is 0 Å². The smallest absolute Gasteiger partial charge is 0.0462 e. The average molecular weight is 116 g/mol. The van der Waals surface area contributed by atoms with Gasteiger partial charge in [-0.2, -0.15) is 0 Å². The van der Waals surface area contributed by atoms with Crippen LogP contribution in [0.1, 0.15) is 12.8 Å². The van der Waals surface area contributed by atoms with Crippen LogP contribution in [-0.4, -0.2) is 23.4 Å². The fourth-order valence-corrected chi connectivity index (χ4v) is 1.12. The van der Waals surface area contributed by atoms with Gasteiger partial charge in [0.15, 0.2) is 0 Å². The second-order valence-corrected chi connectivity index (χ2v) is 2.46. The molecule has 0 aromatic carbocycles. The lowest BCUT2D eigenvalue weighted by atomic mass is 9.75. The highest BCUT2D eigenvalue weighted by Crippen LogP contribution is 2.32. The van der Waals surface area contributed by atoms with Crippen LogP contribution in [0.25, 0.3) is 0 Å². The molecular formula is C6H12O2. The molecule has 1 aliphatic rings. The highest BCUT2D eigenvalue weighted by molar-refractivity contribution is 4.78. The molecule has 0 spiro atoms. The second kappa shape index (κ2) is 2.46. The minimum atomic E-state index is 0.255. The van der Waals surface area contributed by atoms with Crippen LogP contribution in [0, 0.1) is 11.8 Å². The third-order valence-electron chi connectivity index (χ3n) is 2.04. The summed E-state index contributed by atoms with van der Waals surface area (Å²) in [5.74, 6) is 0.806. The predicted molar refractivity (Wildman–Crippen MR) is 30.4 cm³/mol. The fraction of sp³-hybridized carbons (Fsp3) is 1.00. The minimum absolute atomic E-state index is 0.255. The number of hydrogen-bond donors (Lipinski definition) is 2. The normalized spacial score (nSPS) is 36.8. The first-order valence-electron chi connectivity index (χ1n) is 3.10. The van der Waals surface area contributed by atoms with Gasteiger partial charge in [0.2, 0.25) is 0 Å². The van der Waals surface area contributed by atoms with Crippen molar-refractivity contribution in [2.75, 3.05) is 13.2 Å². The van der Waals surface area contributed by atoms with Crippen LogP contribution in [-0.2, 0) is 0 Å².